The first-order chi connectivity index (χ1) is 10.1. The van der Waals surface area contributed by atoms with Crippen LogP contribution in [0, 0.1) is 23.3 Å². The van der Waals surface area contributed by atoms with Gasteiger partial charge in [-0.05, 0) is 12.1 Å². The quantitative estimate of drug-likeness (QED) is 0.539. The molecule has 0 N–H and O–H groups in total. The molecule has 0 aliphatic carbocycles. The number of hydrogen-bond donors (Lipinski definition) is 0. The van der Waals surface area contributed by atoms with E-state index in [9.17, 15) is 17.6 Å². The number of para-hydroxylation sites is 1. The molecule has 0 bridgehead atoms. The minimum atomic E-state index is -1.63. The van der Waals surface area contributed by atoms with E-state index in [1.807, 2.05) is 0 Å². The molecule has 0 amide bonds. The Morgan fingerprint density at radius 1 is 0.952 bits per heavy atom. The lowest BCUT2D eigenvalue weighted by Crippen LogP contribution is -2.10. The summed E-state index contributed by atoms with van der Waals surface area (Å²) in [7, 11) is 0.908. The van der Waals surface area contributed by atoms with E-state index in [0.717, 1.165) is 7.11 Å². The Kier molecular flexibility index (Phi) is 3.00. The molecule has 2 aromatic carbocycles. The van der Waals surface area contributed by atoms with Crippen molar-refractivity contribution in [3.8, 4) is 11.4 Å². The van der Waals surface area contributed by atoms with Gasteiger partial charge in [0.05, 0.1) is 12.6 Å². The maximum absolute atomic E-state index is 14.0. The molecule has 3 aromatic rings. The Balaban J connectivity index is 2.38. The van der Waals surface area contributed by atoms with Crippen molar-refractivity contribution in [2.75, 3.05) is 7.11 Å². The van der Waals surface area contributed by atoms with Gasteiger partial charge in [0.2, 0.25) is 11.6 Å². The van der Waals surface area contributed by atoms with E-state index in [0.29, 0.717) is 10.2 Å². The summed E-state index contributed by atoms with van der Waals surface area (Å²) in [6.07, 6.45) is 0. The van der Waals surface area contributed by atoms with Crippen LogP contribution in [0.4, 0.5) is 17.6 Å². The fraction of sp³-hybridized carbons (Fsp3) is 0.0769. The zero-order valence-corrected chi connectivity index (χ0v) is 10.6. The average molecular weight is 297 g/mol. The largest absolute Gasteiger partial charge is 0.491 e. The fourth-order valence-electron chi connectivity index (χ4n) is 2.00. The lowest BCUT2D eigenvalue weighted by Gasteiger charge is -2.11. The average Bonchev–Trinajstić information content (AvgIpc) is 2.90. The van der Waals surface area contributed by atoms with E-state index in [4.69, 9.17) is 0 Å². The summed E-state index contributed by atoms with van der Waals surface area (Å²) >= 11 is 0. The van der Waals surface area contributed by atoms with Gasteiger partial charge in [-0.1, -0.05) is 17.3 Å². The van der Waals surface area contributed by atoms with Crippen molar-refractivity contribution < 1.29 is 22.3 Å². The van der Waals surface area contributed by atoms with Gasteiger partial charge in [-0.15, -0.1) is 5.10 Å². The second-order valence-corrected chi connectivity index (χ2v) is 4.13. The highest BCUT2D eigenvalue weighted by Gasteiger charge is 2.28. The van der Waals surface area contributed by atoms with Crippen molar-refractivity contribution in [3.63, 3.8) is 0 Å². The van der Waals surface area contributed by atoms with Crippen LogP contribution in [0.25, 0.3) is 16.7 Å². The number of rotatable bonds is 2. The third-order valence-electron chi connectivity index (χ3n) is 2.97. The number of nitrogens with zero attached hydrogens (tertiary/aromatic N) is 3. The van der Waals surface area contributed by atoms with Gasteiger partial charge in [-0.25, -0.2) is 13.5 Å². The third kappa shape index (κ3) is 1.83. The minimum absolute atomic E-state index is 0.208. The molecule has 3 rings (SSSR count). The van der Waals surface area contributed by atoms with Gasteiger partial charge in [-0.2, -0.15) is 8.78 Å². The number of ether oxygens (including phenoxy) is 1. The SMILES string of the molecule is COc1c(F)c(F)c(-n2nnc3ccccc32)c(F)c1F. The number of aromatic nitrogens is 3. The predicted molar refractivity (Wildman–Crippen MR) is 65.2 cm³/mol. The zero-order chi connectivity index (χ0) is 15.1. The molecule has 0 aliphatic heterocycles. The first kappa shape index (κ1) is 13.3. The smallest absolute Gasteiger partial charge is 0.206 e. The summed E-state index contributed by atoms with van der Waals surface area (Å²) in [4.78, 5) is 0. The van der Waals surface area contributed by atoms with Crippen LogP contribution in [0.2, 0.25) is 0 Å². The van der Waals surface area contributed by atoms with Crippen LogP contribution < -0.4 is 4.74 Å². The second kappa shape index (κ2) is 4.72. The minimum Gasteiger partial charge on any atom is -0.491 e. The highest BCUT2D eigenvalue weighted by Crippen LogP contribution is 2.32. The summed E-state index contributed by atoms with van der Waals surface area (Å²) in [6.45, 7) is 0. The summed E-state index contributed by atoms with van der Waals surface area (Å²) < 4.78 is 60.5. The van der Waals surface area contributed by atoms with Gasteiger partial charge in [-0.3, -0.25) is 0 Å². The molecule has 1 heterocycles. The molecule has 0 saturated carbocycles. The zero-order valence-electron chi connectivity index (χ0n) is 10.6. The summed E-state index contributed by atoms with van der Waals surface area (Å²) in [5.41, 5.74) is -0.452. The van der Waals surface area contributed by atoms with Crippen LogP contribution in [0.3, 0.4) is 0 Å². The molecule has 108 valence electrons. The van der Waals surface area contributed by atoms with Gasteiger partial charge in [0.15, 0.2) is 17.4 Å². The van der Waals surface area contributed by atoms with E-state index in [1.54, 1.807) is 18.2 Å². The van der Waals surface area contributed by atoms with Crippen molar-refractivity contribution in [1.82, 2.24) is 15.0 Å². The summed E-state index contributed by atoms with van der Waals surface area (Å²) in [6, 6.07) is 6.23. The van der Waals surface area contributed by atoms with Crippen molar-refractivity contribution in [3.05, 3.63) is 47.5 Å². The van der Waals surface area contributed by atoms with Crippen LogP contribution >= 0.6 is 0 Å². The first-order valence-corrected chi connectivity index (χ1v) is 5.77. The van der Waals surface area contributed by atoms with Crippen molar-refractivity contribution in [2.24, 2.45) is 0 Å². The molecular weight excluding hydrogens is 290 g/mol. The van der Waals surface area contributed by atoms with Crippen LogP contribution in [0.15, 0.2) is 24.3 Å². The van der Waals surface area contributed by atoms with Crippen LogP contribution in [0.5, 0.6) is 5.75 Å². The molecule has 8 heteroatoms. The van der Waals surface area contributed by atoms with Crippen LogP contribution in [-0.2, 0) is 0 Å². The number of fused-ring (bicyclic) bond motifs is 1. The maximum Gasteiger partial charge on any atom is 0.206 e. The molecule has 0 fully saturated rings. The summed E-state index contributed by atoms with van der Waals surface area (Å²) in [5.74, 6) is -7.61. The van der Waals surface area contributed by atoms with Crippen molar-refractivity contribution >= 4 is 11.0 Å². The van der Waals surface area contributed by atoms with Gasteiger partial charge in [0.25, 0.3) is 0 Å². The number of methoxy groups -OCH3 is 1. The standard InChI is InChI=1S/C13H7F4N3O/c1-21-13-10(16)8(14)12(9(15)11(13)17)20-7-5-3-2-4-6(7)18-19-20/h2-5H,1H3. The highest BCUT2D eigenvalue weighted by atomic mass is 19.2. The Hall–Kier alpha value is -2.64. The number of halogens is 4. The highest BCUT2D eigenvalue weighted by molar-refractivity contribution is 5.76. The van der Waals surface area contributed by atoms with Gasteiger partial charge in [0.1, 0.15) is 11.2 Å². The van der Waals surface area contributed by atoms with Gasteiger partial charge in [0, 0.05) is 0 Å². The van der Waals surface area contributed by atoms with E-state index in [-0.39, 0.29) is 5.52 Å². The molecule has 0 radical (unpaired) electrons. The van der Waals surface area contributed by atoms with Crippen LogP contribution in [0.1, 0.15) is 0 Å². The molecule has 1 aromatic heterocycles. The fourth-order valence-corrected chi connectivity index (χ4v) is 2.00. The molecule has 0 saturated heterocycles. The Morgan fingerprint density at radius 3 is 2.19 bits per heavy atom. The van der Waals surface area contributed by atoms with Crippen molar-refractivity contribution in [2.45, 2.75) is 0 Å². The maximum atomic E-state index is 14.0. The van der Waals surface area contributed by atoms with E-state index in [1.165, 1.54) is 6.07 Å². The summed E-state index contributed by atoms with van der Waals surface area (Å²) in [5, 5.41) is 7.22. The Bertz CT molecular complexity index is 818. The monoisotopic (exact) mass is 297 g/mol. The van der Waals surface area contributed by atoms with E-state index in [2.05, 4.69) is 15.0 Å². The van der Waals surface area contributed by atoms with Gasteiger partial charge >= 0.3 is 0 Å². The third-order valence-corrected chi connectivity index (χ3v) is 2.97. The Morgan fingerprint density at radius 2 is 1.57 bits per heavy atom. The molecule has 0 unspecified atom stereocenters. The van der Waals surface area contributed by atoms with Crippen LogP contribution in [-0.4, -0.2) is 22.1 Å². The molecule has 0 aliphatic rings. The lowest BCUT2D eigenvalue weighted by molar-refractivity contribution is 0.330. The predicted octanol–water partition coefficient (Wildman–Crippen LogP) is 2.99. The molecule has 0 atom stereocenters. The van der Waals surface area contributed by atoms with Gasteiger partial charge < -0.3 is 4.74 Å². The topological polar surface area (TPSA) is 39.9 Å². The van der Waals surface area contributed by atoms with E-state index >= 15 is 0 Å². The number of benzene rings is 2. The molecular formula is C13H7F4N3O. The molecule has 4 nitrogen and oxygen atoms in total. The Labute approximate surface area is 115 Å². The normalized spacial score (nSPS) is 11.1. The molecule has 21 heavy (non-hydrogen) atoms. The first-order valence-electron chi connectivity index (χ1n) is 5.77. The van der Waals surface area contributed by atoms with Crippen molar-refractivity contribution in [1.29, 1.82) is 0 Å². The molecule has 0 spiro atoms. The van der Waals surface area contributed by atoms with E-state index < -0.39 is 34.7 Å². The number of hydrogen-bond acceptors (Lipinski definition) is 3. The second-order valence-electron chi connectivity index (χ2n) is 4.13. The lowest BCUT2D eigenvalue weighted by atomic mass is 10.2.